The minimum atomic E-state index is -2.22. The van der Waals surface area contributed by atoms with Crippen molar-refractivity contribution >= 4 is 42.3 Å². The second kappa shape index (κ2) is 8.90. The zero-order valence-corrected chi connectivity index (χ0v) is 19.9. The van der Waals surface area contributed by atoms with E-state index in [0.717, 1.165) is 11.8 Å². The van der Waals surface area contributed by atoms with Crippen molar-refractivity contribution in [3.05, 3.63) is 35.9 Å². The summed E-state index contributed by atoms with van der Waals surface area (Å²) in [6, 6.07) is 8.95. The molecule has 1 amide bonds. The molecule has 154 valence electrons. The van der Waals surface area contributed by atoms with Crippen LogP contribution in [0.1, 0.15) is 39.2 Å². The molecule has 2 rings (SSSR count). The highest BCUT2D eigenvalue weighted by molar-refractivity contribution is 9.09. The standard InChI is InChI=1S/C21H30BrNO4Si/c1-21(2,3)28(4,5)23-18(17(19(23)25)12-11-16(22)13-24)20(26)27-14-15-9-7-6-8-10-15/h6-10,13,16-18H,11-12,14H2,1-5H3/t16?,17-,18+/m1/s1. The number of ether oxygens (including phenoxy) is 1. The van der Waals surface area contributed by atoms with Gasteiger partial charge in [0, 0.05) is 0 Å². The van der Waals surface area contributed by atoms with Crippen LogP contribution in [0, 0.1) is 5.92 Å². The van der Waals surface area contributed by atoms with E-state index in [1.807, 2.05) is 34.9 Å². The molecule has 5 nitrogen and oxygen atoms in total. The minimum Gasteiger partial charge on any atom is -0.459 e. The Morgan fingerprint density at radius 3 is 2.43 bits per heavy atom. The smallest absolute Gasteiger partial charge is 0.329 e. The van der Waals surface area contributed by atoms with Crippen molar-refractivity contribution in [1.82, 2.24) is 4.57 Å². The van der Waals surface area contributed by atoms with Gasteiger partial charge < -0.3 is 14.1 Å². The van der Waals surface area contributed by atoms with Gasteiger partial charge in [0.15, 0.2) is 8.24 Å². The summed E-state index contributed by atoms with van der Waals surface area (Å²) >= 11 is 3.28. The predicted molar refractivity (Wildman–Crippen MR) is 116 cm³/mol. The van der Waals surface area contributed by atoms with Gasteiger partial charge in [-0.3, -0.25) is 4.79 Å². The molecule has 0 bridgehead atoms. The number of esters is 1. The maximum Gasteiger partial charge on any atom is 0.329 e. The number of benzene rings is 1. The van der Waals surface area contributed by atoms with E-state index in [9.17, 15) is 14.4 Å². The summed E-state index contributed by atoms with van der Waals surface area (Å²) in [5, 5.41) is -0.0770. The van der Waals surface area contributed by atoms with Crippen molar-refractivity contribution in [2.75, 3.05) is 0 Å². The lowest BCUT2D eigenvalue weighted by molar-refractivity contribution is -0.169. The van der Waals surface area contributed by atoms with Gasteiger partial charge in [-0.25, -0.2) is 4.79 Å². The fourth-order valence-electron chi connectivity index (χ4n) is 3.31. The predicted octanol–water partition coefficient (Wildman–Crippen LogP) is 4.30. The number of rotatable bonds is 8. The lowest BCUT2D eigenvalue weighted by atomic mass is 9.86. The third kappa shape index (κ3) is 4.74. The Labute approximate surface area is 177 Å². The average molecular weight is 468 g/mol. The van der Waals surface area contributed by atoms with Crippen LogP contribution in [0.2, 0.25) is 18.1 Å². The molecular formula is C21H30BrNO4Si. The summed E-state index contributed by atoms with van der Waals surface area (Å²) in [5.41, 5.74) is 0.915. The summed E-state index contributed by atoms with van der Waals surface area (Å²) in [6.07, 6.45) is 1.83. The molecule has 1 unspecified atom stereocenters. The molecule has 28 heavy (non-hydrogen) atoms. The van der Waals surface area contributed by atoms with Crippen LogP contribution in [0.3, 0.4) is 0 Å². The monoisotopic (exact) mass is 467 g/mol. The van der Waals surface area contributed by atoms with E-state index in [4.69, 9.17) is 4.74 Å². The van der Waals surface area contributed by atoms with Crippen LogP contribution in [-0.4, -0.2) is 41.8 Å². The SMILES string of the molecule is CC(C)(C)[Si](C)(C)N1C(=O)[C@H](CCC(Br)C=O)[C@H]1C(=O)OCc1ccccc1. The van der Waals surface area contributed by atoms with E-state index < -0.39 is 20.2 Å². The van der Waals surface area contributed by atoms with Gasteiger partial charge in [0.25, 0.3) is 0 Å². The average Bonchev–Trinajstić information content (AvgIpc) is 2.63. The Bertz CT molecular complexity index is 717. The summed E-state index contributed by atoms with van der Waals surface area (Å²) in [4.78, 5) is 36.6. The second-order valence-electron chi connectivity index (χ2n) is 8.89. The fraction of sp³-hybridized carbons (Fsp3) is 0.571. The maximum atomic E-state index is 13.0. The Kier molecular flexibility index (Phi) is 7.25. The highest BCUT2D eigenvalue weighted by atomic mass is 79.9. The first-order valence-electron chi connectivity index (χ1n) is 9.64. The van der Waals surface area contributed by atoms with Gasteiger partial charge in [-0.1, -0.05) is 80.1 Å². The van der Waals surface area contributed by atoms with Crippen LogP contribution in [0.25, 0.3) is 0 Å². The molecule has 7 heteroatoms. The van der Waals surface area contributed by atoms with Gasteiger partial charge in [0.1, 0.15) is 18.9 Å². The molecule has 1 heterocycles. The molecule has 0 radical (unpaired) electrons. The number of β-lactam (4-membered cyclic amide) rings is 1. The van der Waals surface area contributed by atoms with E-state index in [0.29, 0.717) is 12.8 Å². The van der Waals surface area contributed by atoms with E-state index >= 15 is 0 Å². The third-order valence-electron chi connectivity index (χ3n) is 6.02. The topological polar surface area (TPSA) is 63.7 Å². The molecule has 1 saturated heterocycles. The van der Waals surface area contributed by atoms with Crippen molar-refractivity contribution in [3.8, 4) is 0 Å². The van der Waals surface area contributed by atoms with Crippen molar-refractivity contribution < 1.29 is 19.1 Å². The first kappa shape index (κ1) is 22.8. The largest absolute Gasteiger partial charge is 0.459 e. The molecule has 1 aliphatic rings. The number of aldehydes is 1. The molecule has 1 fully saturated rings. The highest BCUT2D eigenvalue weighted by Gasteiger charge is 2.60. The molecule has 0 N–H and O–H groups in total. The number of hydrogen-bond donors (Lipinski definition) is 0. The normalized spacial score (nSPS) is 21.1. The second-order valence-corrected chi connectivity index (χ2v) is 15.2. The van der Waals surface area contributed by atoms with Crippen LogP contribution in [-0.2, 0) is 25.7 Å². The first-order chi connectivity index (χ1) is 13.0. The maximum absolute atomic E-state index is 13.0. The quantitative estimate of drug-likeness (QED) is 0.188. The molecule has 0 aliphatic carbocycles. The number of hydrogen-bond acceptors (Lipinski definition) is 4. The molecule has 3 atom stereocenters. The van der Waals surface area contributed by atoms with Crippen LogP contribution in [0.4, 0.5) is 0 Å². The first-order valence-corrected chi connectivity index (χ1v) is 13.5. The lowest BCUT2D eigenvalue weighted by Crippen LogP contribution is -2.74. The number of carbonyl (C=O) groups excluding carboxylic acids is 3. The van der Waals surface area contributed by atoms with Crippen molar-refractivity contribution in [2.45, 2.75) is 69.2 Å². The van der Waals surface area contributed by atoms with Crippen LogP contribution < -0.4 is 0 Å². The number of carbonyl (C=O) groups is 3. The van der Waals surface area contributed by atoms with Crippen LogP contribution in [0.5, 0.6) is 0 Å². The number of halogens is 1. The fourth-order valence-corrected chi connectivity index (χ4v) is 5.99. The minimum absolute atomic E-state index is 0.0128. The Morgan fingerprint density at radius 2 is 1.89 bits per heavy atom. The van der Waals surface area contributed by atoms with Crippen molar-refractivity contribution in [1.29, 1.82) is 0 Å². The molecule has 1 aromatic rings. The zero-order chi connectivity index (χ0) is 21.1. The third-order valence-corrected chi connectivity index (χ3v) is 12.1. The zero-order valence-electron chi connectivity index (χ0n) is 17.3. The number of alkyl halides is 1. The molecular weight excluding hydrogens is 438 g/mol. The van der Waals surface area contributed by atoms with Crippen molar-refractivity contribution in [2.24, 2.45) is 5.92 Å². The molecule has 0 aromatic heterocycles. The van der Waals surface area contributed by atoms with Gasteiger partial charge in [0.2, 0.25) is 5.91 Å². The molecule has 0 saturated carbocycles. The summed E-state index contributed by atoms with van der Waals surface area (Å²) in [7, 11) is -2.22. The number of nitrogens with zero attached hydrogens (tertiary/aromatic N) is 1. The Balaban J connectivity index is 2.19. The number of amides is 1. The van der Waals surface area contributed by atoms with E-state index in [1.165, 1.54) is 0 Å². The van der Waals surface area contributed by atoms with Crippen LogP contribution in [0.15, 0.2) is 30.3 Å². The summed E-state index contributed by atoms with van der Waals surface area (Å²) in [6.45, 7) is 10.8. The van der Waals surface area contributed by atoms with Gasteiger partial charge in [-0.15, -0.1) is 0 Å². The highest BCUT2D eigenvalue weighted by Crippen LogP contribution is 2.46. The molecule has 1 aliphatic heterocycles. The molecule has 0 spiro atoms. The lowest BCUT2D eigenvalue weighted by Gasteiger charge is -2.57. The Morgan fingerprint density at radius 1 is 1.29 bits per heavy atom. The van der Waals surface area contributed by atoms with Gasteiger partial charge >= 0.3 is 5.97 Å². The van der Waals surface area contributed by atoms with Crippen LogP contribution >= 0.6 is 15.9 Å². The van der Waals surface area contributed by atoms with E-state index in [2.05, 4.69) is 49.8 Å². The van der Waals surface area contributed by atoms with Crippen molar-refractivity contribution in [3.63, 3.8) is 0 Å². The summed E-state index contributed by atoms with van der Waals surface area (Å²) < 4.78 is 7.40. The molecule has 1 aromatic carbocycles. The van der Waals surface area contributed by atoms with E-state index in [-0.39, 0.29) is 28.3 Å². The van der Waals surface area contributed by atoms with E-state index in [1.54, 1.807) is 0 Å². The van der Waals surface area contributed by atoms with Gasteiger partial charge in [-0.2, -0.15) is 0 Å². The van der Waals surface area contributed by atoms with Gasteiger partial charge in [-0.05, 0) is 23.4 Å². The van der Waals surface area contributed by atoms with Gasteiger partial charge in [0.05, 0.1) is 10.7 Å². The Hall–Kier alpha value is -1.47. The summed E-state index contributed by atoms with van der Waals surface area (Å²) in [5.74, 6) is -0.758.